The molecule has 4 aromatic rings. The van der Waals surface area contributed by atoms with Crippen molar-refractivity contribution >= 4 is 40.5 Å². The summed E-state index contributed by atoms with van der Waals surface area (Å²) in [6.45, 7) is 0. The molecule has 0 bridgehead atoms. The predicted octanol–water partition coefficient (Wildman–Crippen LogP) is 0.0507. The highest BCUT2D eigenvalue weighted by Gasteiger charge is 2.31. The number of carbonyl (C=O) groups excluding carboxylic acids is 4. The van der Waals surface area contributed by atoms with Crippen molar-refractivity contribution in [2.45, 2.75) is 56.3 Å². The molecule has 4 amide bonds. The molecule has 0 fully saturated rings. The van der Waals surface area contributed by atoms with Gasteiger partial charge in [0.2, 0.25) is 23.6 Å². The zero-order valence-corrected chi connectivity index (χ0v) is 24.4. The standard InChI is InChI=1S/C31H36N8O6/c32-22(14-20-16-34-17-36-20)28(41)38-25(13-19-15-35-23-9-5-4-8-21(19)23)30(43)37-24(10-11-27(33)40)29(42)39-26(31(44)45)12-18-6-2-1-3-7-18/h1-9,15-17,22,24-26,35H,10-14,32H2,(H2,33,40)(H,34,36)(H,37,43)(H,38,41)(H,39,42)(H,44,45)/t22-,24-,25-,26-/m0/s1. The van der Waals surface area contributed by atoms with Gasteiger partial charge in [0, 0.05) is 49.0 Å². The van der Waals surface area contributed by atoms with Gasteiger partial charge in [-0.2, -0.15) is 0 Å². The van der Waals surface area contributed by atoms with E-state index in [1.54, 1.807) is 42.7 Å². The Morgan fingerprint density at radius 1 is 0.800 bits per heavy atom. The number of carboxylic acid groups (broad SMARTS) is 1. The van der Waals surface area contributed by atoms with Crippen LogP contribution in [0.15, 0.2) is 73.3 Å². The van der Waals surface area contributed by atoms with Crippen molar-refractivity contribution in [1.82, 2.24) is 30.9 Å². The van der Waals surface area contributed by atoms with E-state index in [9.17, 15) is 29.1 Å². The molecule has 10 N–H and O–H groups in total. The Hall–Kier alpha value is -5.50. The molecule has 4 atom stereocenters. The Labute approximate surface area is 258 Å². The number of primary amides is 1. The van der Waals surface area contributed by atoms with Crippen LogP contribution in [0.1, 0.15) is 29.7 Å². The van der Waals surface area contributed by atoms with E-state index in [2.05, 4.69) is 30.9 Å². The normalized spacial score (nSPS) is 13.7. The fourth-order valence-electron chi connectivity index (χ4n) is 4.88. The molecule has 2 heterocycles. The predicted molar refractivity (Wildman–Crippen MR) is 164 cm³/mol. The number of hydrogen-bond donors (Lipinski definition) is 8. The number of carbonyl (C=O) groups is 5. The molecule has 0 aliphatic heterocycles. The maximum Gasteiger partial charge on any atom is 0.326 e. The number of nitrogens with two attached hydrogens (primary N) is 2. The molecular weight excluding hydrogens is 580 g/mol. The first-order chi connectivity index (χ1) is 21.6. The van der Waals surface area contributed by atoms with Crippen molar-refractivity contribution in [2.24, 2.45) is 11.5 Å². The number of carboxylic acids is 1. The largest absolute Gasteiger partial charge is 0.480 e. The van der Waals surface area contributed by atoms with Gasteiger partial charge in [0.25, 0.3) is 0 Å². The van der Waals surface area contributed by atoms with E-state index in [0.717, 1.165) is 16.5 Å². The average Bonchev–Trinajstić information content (AvgIpc) is 3.68. The Kier molecular flexibility index (Phi) is 11.0. The topological polar surface area (TPSA) is 238 Å². The monoisotopic (exact) mass is 616 g/mol. The van der Waals surface area contributed by atoms with Crippen LogP contribution in [-0.4, -0.2) is 73.8 Å². The minimum Gasteiger partial charge on any atom is -0.480 e. The molecule has 0 aliphatic rings. The minimum atomic E-state index is -1.33. The van der Waals surface area contributed by atoms with Crippen molar-refractivity contribution in [3.63, 3.8) is 0 Å². The zero-order chi connectivity index (χ0) is 32.3. The number of fused-ring (bicyclic) bond motifs is 1. The Bertz CT molecular complexity index is 1620. The van der Waals surface area contributed by atoms with Crippen LogP contribution in [-0.2, 0) is 43.2 Å². The van der Waals surface area contributed by atoms with Crippen LogP contribution in [0.3, 0.4) is 0 Å². The number of hydrogen-bond acceptors (Lipinski definition) is 7. The third-order valence-electron chi connectivity index (χ3n) is 7.26. The summed E-state index contributed by atoms with van der Waals surface area (Å²) in [4.78, 5) is 73.8. The van der Waals surface area contributed by atoms with Gasteiger partial charge < -0.3 is 42.5 Å². The molecule has 4 rings (SSSR count). The molecule has 236 valence electrons. The number of aliphatic carboxylic acids is 1. The smallest absolute Gasteiger partial charge is 0.326 e. The summed E-state index contributed by atoms with van der Waals surface area (Å²) >= 11 is 0. The summed E-state index contributed by atoms with van der Waals surface area (Å²) in [5.74, 6) is -4.16. The molecule has 14 heteroatoms. The highest BCUT2D eigenvalue weighted by atomic mass is 16.4. The zero-order valence-electron chi connectivity index (χ0n) is 24.4. The summed E-state index contributed by atoms with van der Waals surface area (Å²) < 4.78 is 0. The summed E-state index contributed by atoms with van der Waals surface area (Å²) in [7, 11) is 0. The highest BCUT2D eigenvalue weighted by molar-refractivity contribution is 5.95. The number of H-pyrrole nitrogens is 2. The van der Waals surface area contributed by atoms with Gasteiger partial charge in [-0.15, -0.1) is 0 Å². The van der Waals surface area contributed by atoms with Gasteiger partial charge in [-0.1, -0.05) is 48.5 Å². The molecule has 2 aromatic heterocycles. The molecule has 0 radical (unpaired) electrons. The number of aromatic amines is 2. The molecular formula is C31H36N8O6. The summed E-state index contributed by atoms with van der Waals surface area (Å²) in [5, 5.41) is 18.4. The van der Waals surface area contributed by atoms with E-state index in [-0.39, 0.29) is 32.1 Å². The van der Waals surface area contributed by atoms with Gasteiger partial charge in [-0.25, -0.2) is 9.78 Å². The average molecular weight is 617 g/mol. The fourth-order valence-corrected chi connectivity index (χ4v) is 4.88. The van der Waals surface area contributed by atoms with Gasteiger partial charge in [-0.05, 0) is 23.6 Å². The number of aromatic nitrogens is 3. The van der Waals surface area contributed by atoms with Gasteiger partial charge >= 0.3 is 5.97 Å². The lowest BCUT2D eigenvalue weighted by atomic mass is 10.0. The summed E-state index contributed by atoms with van der Waals surface area (Å²) in [6.07, 6.45) is 4.46. The first-order valence-corrected chi connectivity index (χ1v) is 14.3. The Balaban J connectivity index is 1.54. The molecule has 2 aromatic carbocycles. The first kappa shape index (κ1) is 32.4. The second kappa shape index (κ2) is 15.3. The molecule has 0 aliphatic carbocycles. The third kappa shape index (κ3) is 9.24. The fraction of sp³-hybridized carbons (Fsp3) is 0.290. The number of amides is 4. The highest BCUT2D eigenvalue weighted by Crippen LogP contribution is 2.19. The van der Waals surface area contributed by atoms with Crippen molar-refractivity contribution < 1.29 is 29.1 Å². The van der Waals surface area contributed by atoms with Crippen LogP contribution in [0.25, 0.3) is 10.9 Å². The number of nitrogens with one attached hydrogen (secondary N) is 5. The van der Waals surface area contributed by atoms with Crippen LogP contribution >= 0.6 is 0 Å². The number of para-hydroxylation sites is 1. The summed E-state index contributed by atoms with van der Waals surface area (Å²) in [5.41, 5.74) is 14.2. The molecule has 0 unspecified atom stereocenters. The molecule has 0 saturated heterocycles. The quantitative estimate of drug-likeness (QED) is 0.0854. The lowest BCUT2D eigenvalue weighted by Gasteiger charge is -2.25. The van der Waals surface area contributed by atoms with Gasteiger partial charge in [0.1, 0.15) is 18.1 Å². The number of rotatable bonds is 16. The molecule has 0 spiro atoms. The maximum absolute atomic E-state index is 13.7. The van der Waals surface area contributed by atoms with E-state index in [1.807, 2.05) is 24.3 Å². The lowest BCUT2D eigenvalue weighted by molar-refractivity contribution is -0.142. The van der Waals surface area contributed by atoms with Gasteiger partial charge in [-0.3, -0.25) is 19.2 Å². The Morgan fingerprint density at radius 2 is 1.47 bits per heavy atom. The van der Waals surface area contributed by atoms with Crippen LogP contribution in [0.4, 0.5) is 0 Å². The van der Waals surface area contributed by atoms with Crippen LogP contribution < -0.4 is 27.4 Å². The maximum atomic E-state index is 13.7. The van der Waals surface area contributed by atoms with Crippen molar-refractivity contribution in [3.05, 3.63) is 90.1 Å². The second-order valence-corrected chi connectivity index (χ2v) is 10.7. The van der Waals surface area contributed by atoms with E-state index in [0.29, 0.717) is 11.3 Å². The lowest BCUT2D eigenvalue weighted by Crippen LogP contribution is -2.58. The molecule has 0 saturated carbocycles. The van der Waals surface area contributed by atoms with Crippen molar-refractivity contribution in [1.29, 1.82) is 0 Å². The third-order valence-corrected chi connectivity index (χ3v) is 7.26. The van der Waals surface area contributed by atoms with E-state index < -0.39 is 53.8 Å². The van der Waals surface area contributed by atoms with E-state index in [4.69, 9.17) is 11.5 Å². The SMILES string of the molecule is NC(=O)CC[C@H](NC(=O)[C@H](Cc1c[nH]c2ccccc12)NC(=O)[C@@H](N)Cc1c[nH]cn1)C(=O)N[C@@H](Cc1ccccc1)C(=O)O. The Morgan fingerprint density at radius 3 is 2.16 bits per heavy atom. The number of imidazole rings is 1. The summed E-state index contributed by atoms with van der Waals surface area (Å²) in [6, 6.07) is 11.3. The van der Waals surface area contributed by atoms with Gasteiger partial charge in [0.15, 0.2) is 0 Å². The molecule has 45 heavy (non-hydrogen) atoms. The van der Waals surface area contributed by atoms with Crippen molar-refractivity contribution in [3.8, 4) is 0 Å². The van der Waals surface area contributed by atoms with Crippen LogP contribution in [0, 0.1) is 0 Å². The van der Waals surface area contributed by atoms with E-state index in [1.165, 1.54) is 6.33 Å². The van der Waals surface area contributed by atoms with Crippen LogP contribution in [0.2, 0.25) is 0 Å². The number of benzene rings is 2. The number of nitrogens with zero attached hydrogens (tertiary/aromatic N) is 1. The van der Waals surface area contributed by atoms with Crippen molar-refractivity contribution in [2.75, 3.05) is 0 Å². The molecule has 14 nitrogen and oxygen atoms in total. The van der Waals surface area contributed by atoms with Gasteiger partial charge in [0.05, 0.1) is 18.1 Å². The first-order valence-electron chi connectivity index (χ1n) is 14.3. The van der Waals surface area contributed by atoms with Crippen LogP contribution in [0.5, 0.6) is 0 Å². The van der Waals surface area contributed by atoms with E-state index >= 15 is 0 Å². The second-order valence-electron chi connectivity index (χ2n) is 10.7. The minimum absolute atomic E-state index is 0.00840.